The molecule has 0 amide bonds. The summed E-state index contributed by atoms with van der Waals surface area (Å²) in [5.41, 5.74) is 15.0. The Morgan fingerprint density at radius 2 is 2.00 bits per heavy atom. The predicted octanol–water partition coefficient (Wildman–Crippen LogP) is 1.53. The molecule has 0 aliphatic heterocycles. The van der Waals surface area contributed by atoms with E-state index in [2.05, 4.69) is 13.0 Å². The number of aryl methyl sites for hydroxylation is 1. The van der Waals surface area contributed by atoms with Gasteiger partial charge in [-0.1, -0.05) is 6.07 Å². The maximum absolute atomic E-state index is 6.08. The van der Waals surface area contributed by atoms with Crippen molar-refractivity contribution in [3.05, 3.63) is 29.3 Å². The van der Waals surface area contributed by atoms with E-state index in [4.69, 9.17) is 11.5 Å². The molecule has 0 aromatic heterocycles. The monoisotopic (exact) mass is 162 g/mol. The van der Waals surface area contributed by atoms with Gasteiger partial charge in [-0.25, -0.2) is 0 Å². The number of anilines is 1. The summed E-state index contributed by atoms with van der Waals surface area (Å²) in [6, 6.07) is 5.97. The van der Waals surface area contributed by atoms with Crippen LogP contribution in [0.4, 0.5) is 5.69 Å². The fraction of sp³-hybridized carbons (Fsp3) is 0.400. The van der Waals surface area contributed by atoms with Crippen LogP contribution in [-0.4, -0.2) is 0 Å². The molecule has 0 radical (unpaired) electrons. The molecule has 2 heteroatoms. The van der Waals surface area contributed by atoms with Gasteiger partial charge in [0.15, 0.2) is 0 Å². The van der Waals surface area contributed by atoms with Gasteiger partial charge in [0.05, 0.1) is 0 Å². The summed E-state index contributed by atoms with van der Waals surface area (Å²) >= 11 is 0. The summed E-state index contributed by atoms with van der Waals surface area (Å²) in [6.45, 7) is 2.07. The first-order valence-corrected chi connectivity index (χ1v) is 4.27. The molecule has 0 spiro atoms. The number of hydrogen-bond acceptors (Lipinski definition) is 2. The Bertz CT molecular complexity index is 314. The highest BCUT2D eigenvalue weighted by molar-refractivity contribution is 5.47. The molecule has 1 saturated carbocycles. The lowest BCUT2D eigenvalue weighted by Crippen LogP contribution is -2.19. The summed E-state index contributed by atoms with van der Waals surface area (Å²) < 4.78 is 0. The van der Waals surface area contributed by atoms with Crippen LogP contribution in [0.2, 0.25) is 0 Å². The molecule has 4 N–H and O–H groups in total. The van der Waals surface area contributed by atoms with Gasteiger partial charge in [0.25, 0.3) is 0 Å². The molecule has 0 atom stereocenters. The molecule has 0 unspecified atom stereocenters. The lowest BCUT2D eigenvalue weighted by Gasteiger charge is -2.12. The zero-order chi connectivity index (χ0) is 8.77. The molecule has 2 nitrogen and oxygen atoms in total. The van der Waals surface area contributed by atoms with Crippen molar-refractivity contribution in [3.63, 3.8) is 0 Å². The van der Waals surface area contributed by atoms with E-state index >= 15 is 0 Å². The number of hydrogen-bond donors (Lipinski definition) is 2. The smallest absolute Gasteiger partial charge is 0.0413 e. The second-order valence-corrected chi connectivity index (χ2v) is 3.73. The summed E-state index contributed by atoms with van der Waals surface area (Å²) in [5.74, 6) is 0. The Labute approximate surface area is 72.6 Å². The lowest BCUT2D eigenvalue weighted by atomic mass is 10.00. The van der Waals surface area contributed by atoms with Crippen LogP contribution >= 0.6 is 0 Å². The highest BCUT2D eigenvalue weighted by Crippen LogP contribution is 2.44. The van der Waals surface area contributed by atoms with Gasteiger partial charge in [-0.05, 0) is 43.0 Å². The standard InChI is InChI=1S/C10H14N2/c1-7-6-8(11)2-3-9(7)10(12)4-5-10/h2-3,6H,4-5,11-12H2,1H3. The van der Waals surface area contributed by atoms with Crippen LogP contribution in [0.5, 0.6) is 0 Å². The third-order valence-corrected chi connectivity index (χ3v) is 2.58. The molecule has 0 saturated heterocycles. The molecule has 1 fully saturated rings. The van der Waals surface area contributed by atoms with Crippen molar-refractivity contribution in [1.29, 1.82) is 0 Å². The minimum Gasteiger partial charge on any atom is -0.399 e. The van der Waals surface area contributed by atoms with Gasteiger partial charge in [-0.3, -0.25) is 0 Å². The molecule has 1 aliphatic carbocycles. The highest BCUT2D eigenvalue weighted by Gasteiger charge is 2.40. The molecular weight excluding hydrogens is 148 g/mol. The van der Waals surface area contributed by atoms with Crippen molar-refractivity contribution in [2.75, 3.05) is 5.73 Å². The summed E-state index contributed by atoms with van der Waals surface area (Å²) in [4.78, 5) is 0. The fourth-order valence-corrected chi connectivity index (χ4v) is 1.65. The van der Waals surface area contributed by atoms with Gasteiger partial charge in [0.2, 0.25) is 0 Å². The van der Waals surface area contributed by atoms with Gasteiger partial charge in [0.1, 0.15) is 0 Å². The van der Waals surface area contributed by atoms with E-state index in [0.29, 0.717) is 0 Å². The first-order valence-electron chi connectivity index (χ1n) is 4.27. The molecule has 2 rings (SSSR count). The van der Waals surface area contributed by atoms with Crippen molar-refractivity contribution in [2.24, 2.45) is 5.73 Å². The molecule has 1 aromatic carbocycles. The van der Waals surface area contributed by atoms with E-state index in [0.717, 1.165) is 18.5 Å². The predicted molar refractivity (Wildman–Crippen MR) is 50.7 cm³/mol. The fourth-order valence-electron chi connectivity index (χ4n) is 1.65. The Hall–Kier alpha value is -1.02. The van der Waals surface area contributed by atoms with Crippen molar-refractivity contribution in [1.82, 2.24) is 0 Å². The number of benzene rings is 1. The SMILES string of the molecule is Cc1cc(N)ccc1C1(N)CC1. The van der Waals surface area contributed by atoms with Gasteiger partial charge >= 0.3 is 0 Å². The van der Waals surface area contributed by atoms with Crippen LogP contribution in [0, 0.1) is 6.92 Å². The van der Waals surface area contributed by atoms with Crippen molar-refractivity contribution < 1.29 is 0 Å². The first kappa shape index (κ1) is 7.62. The number of nitrogens with two attached hydrogens (primary N) is 2. The van der Waals surface area contributed by atoms with Crippen molar-refractivity contribution in [3.8, 4) is 0 Å². The number of rotatable bonds is 1. The van der Waals surface area contributed by atoms with Gasteiger partial charge < -0.3 is 11.5 Å². The Morgan fingerprint density at radius 1 is 1.33 bits per heavy atom. The summed E-state index contributed by atoms with van der Waals surface area (Å²) in [6.07, 6.45) is 2.22. The number of nitrogen functional groups attached to an aromatic ring is 1. The van der Waals surface area contributed by atoms with E-state index in [1.807, 2.05) is 12.1 Å². The third kappa shape index (κ3) is 1.08. The molecule has 0 heterocycles. The van der Waals surface area contributed by atoms with E-state index in [1.54, 1.807) is 0 Å². The van der Waals surface area contributed by atoms with E-state index in [1.165, 1.54) is 11.1 Å². The van der Waals surface area contributed by atoms with Gasteiger partial charge in [0, 0.05) is 11.2 Å². The molecule has 64 valence electrons. The van der Waals surface area contributed by atoms with Crippen LogP contribution in [0.3, 0.4) is 0 Å². The van der Waals surface area contributed by atoms with Crippen LogP contribution < -0.4 is 11.5 Å². The average molecular weight is 162 g/mol. The molecule has 1 aromatic rings. The second-order valence-electron chi connectivity index (χ2n) is 3.73. The Balaban J connectivity index is 2.45. The third-order valence-electron chi connectivity index (χ3n) is 2.58. The Kier molecular flexibility index (Phi) is 1.42. The van der Waals surface area contributed by atoms with Crippen LogP contribution in [0.15, 0.2) is 18.2 Å². The largest absolute Gasteiger partial charge is 0.399 e. The summed E-state index contributed by atoms with van der Waals surface area (Å²) in [7, 11) is 0. The second kappa shape index (κ2) is 2.23. The van der Waals surface area contributed by atoms with E-state index in [-0.39, 0.29) is 5.54 Å². The van der Waals surface area contributed by atoms with E-state index < -0.39 is 0 Å². The zero-order valence-corrected chi connectivity index (χ0v) is 7.30. The van der Waals surface area contributed by atoms with Crippen molar-refractivity contribution >= 4 is 5.69 Å². The topological polar surface area (TPSA) is 52.0 Å². The zero-order valence-electron chi connectivity index (χ0n) is 7.30. The van der Waals surface area contributed by atoms with Gasteiger partial charge in [-0.15, -0.1) is 0 Å². The molecule has 1 aliphatic rings. The maximum atomic E-state index is 6.08. The average Bonchev–Trinajstić information content (AvgIpc) is 2.68. The lowest BCUT2D eigenvalue weighted by molar-refractivity contribution is 0.733. The van der Waals surface area contributed by atoms with Crippen molar-refractivity contribution in [2.45, 2.75) is 25.3 Å². The molecule has 12 heavy (non-hydrogen) atoms. The van der Waals surface area contributed by atoms with Crippen LogP contribution in [0.25, 0.3) is 0 Å². The minimum atomic E-state index is -0.0300. The van der Waals surface area contributed by atoms with Crippen LogP contribution in [-0.2, 0) is 5.54 Å². The molecule has 0 bridgehead atoms. The summed E-state index contributed by atoms with van der Waals surface area (Å²) in [5, 5.41) is 0. The first-order chi connectivity index (χ1) is 5.62. The Morgan fingerprint density at radius 3 is 2.50 bits per heavy atom. The normalized spacial score (nSPS) is 19.2. The molecular formula is C10H14N2. The van der Waals surface area contributed by atoms with Gasteiger partial charge in [-0.2, -0.15) is 0 Å². The van der Waals surface area contributed by atoms with E-state index in [9.17, 15) is 0 Å². The maximum Gasteiger partial charge on any atom is 0.0413 e. The highest BCUT2D eigenvalue weighted by atomic mass is 14.8. The van der Waals surface area contributed by atoms with Crippen LogP contribution in [0.1, 0.15) is 24.0 Å². The quantitative estimate of drug-likeness (QED) is 0.615. The minimum absolute atomic E-state index is 0.0300.